The van der Waals surface area contributed by atoms with Crippen molar-refractivity contribution in [2.45, 2.75) is 26.1 Å². The Morgan fingerprint density at radius 1 is 1.00 bits per heavy atom. The van der Waals surface area contributed by atoms with Crippen LogP contribution in [-0.2, 0) is 50.6 Å². The molecule has 3 aromatic rings. The maximum Gasteiger partial charge on any atom is 0.331 e. The van der Waals surface area contributed by atoms with Crippen molar-refractivity contribution in [1.29, 1.82) is 0 Å². The van der Waals surface area contributed by atoms with Crippen LogP contribution in [-0.4, -0.2) is 34.7 Å². The van der Waals surface area contributed by atoms with Crippen molar-refractivity contribution in [2.75, 3.05) is 24.5 Å². The topological polar surface area (TPSA) is 104 Å². The molecule has 4 rings (SSSR count). The zero-order chi connectivity index (χ0) is 24.4. The normalized spacial score (nSPS) is 14.3. The minimum absolute atomic E-state index is 0. The molecule has 2 N–H and O–H groups in total. The number of hydrogen-bond donors (Lipinski definition) is 1. The van der Waals surface area contributed by atoms with Gasteiger partial charge < -0.3 is 20.7 Å². The van der Waals surface area contributed by atoms with Gasteiger partial charge in [-0.05, 0) is 24.6 Å². The number of piperazine rings is 1. The van der Waals surface area contributed by atoms with E-state index in [0.29, 0.717) is 6.54 Å². The summed E-state index contributed by atoms with van der Waals surface area (Å²) in [5, 5.41) is 3.83. The summed E-state index contributed by atoms with van der Waals surface area (Å²) in [6.07, 6.45) is 0. The van der Waals surface area contributed by atoms with Crippen molar-refractivity contribution in [3.05, 3.63) is 103 Å². The average molecular weight is 557 g/mol. The number of aromatic nitrogens is 2. The van der Waals surface area contributed by atoms with Gasteiger partial charge in [-0.15, -0.1) is 6.54 Å². The summed E-state index contributed by atoms with van der Waals surface area (Å²) in [6, 6.07) is 11.7. The number of anilines is 1. The number of carbonyl (C=O) groups excluding carboxylic acids is 1. The SMILES string of the molecule is Cc1c(N2CC[N-]C(=O)C2)c(=O)n(C[C@H](N)c2ccccc2)c(=O)n1Cc1c(F)cccc1F.[Y]. The summed E-state index contributed by atoms with van der Waals surface area (Å²) >= 11 is 0. The van der Waals surface area contributed by atoms with E-state index in [1.165, 1.54) is 13.0 Å². The van der Waals surface area contributed by atoms with Crippen molar-refractivity contribution in [2.24, 2.45) is 5.73 Å². The minimum atomic E-state index is -0.807. The number of carbonyl (C=O) groups is 1. The Morgan fingerprint density at radius 2 is 1.66 bits per heavy atom. The fraction of sp³-hybridized carbons (Fsp3) is 0.292. The van der Waals surface area contributed by atoms with Crippen molar-refractivity contribution in [3.63, 3.8) is 0 Å². The van der Waals surface area contributed by atoms with E-state index in [1.54, 1.807) is 29.2 Å². The Balaban J connectivity index is 0.00000342. The van der Waals surface area contributed by atoms with Crippen molar-refractivity contribution >= 4 is 11.6 Å². The van der Waals surface area contributed by atoms with Crippen molar-refractivity contribution < 1.29 is 46.3 Å². The molecule has 2 heterocycles. The Kier molecular flexibility index (Phi) is 8.74. The summed E-state index contributed by atoms with van der Waals surface area (Å²) in [7, 11) is 0. The number of halogens is 2. The predicted molar refractivity (Wildman–Crippen MR) is 124 cm³/mol. The molecular formula is C24H24F2N5O3Y-. The maximum atomic E-state index is 14.4. The van der Waals surface area contributed by atoms with Crippen LogP contribution in [0.2, 0.25) is 0 Å². The third kappa shape index (κ3) is 5.60. The first-order valence-electron chi connectivity index (χ1n) is 10.8. The number of amides is 1. The molecule has 0 spiro atoms. The van der Waals surface area contributed by atoms with Gasteiger partial charge in [-0.25, -0.2) is 13.6 Å². The van der Waals surface area contributed by atoms with Gasteiger partial charge in [0.2, 0.25) is 0 Å². The number of benzene rings is 2. The summed E-state index contributed by atoms with van der Waals surface area (Å²) < 4.78 is 30.9. The Labute approximate surface area is 225 Å². The van der Waals surface area contributed by atoms with E-state index in [0.717, 1.165) is 26.8 Å². The first-order valence-corrected chi connectivity index (χ1v) is 10.8. The Hall–Kier alpha value is -2.69. The monoisotopic (exact) mass is 557 g/mol. The molecule has 181 valence electrons. The largest absolute Gasteiger partial charge is 0.650 e. The summed E-state index contributed by atoms with van der Waals surface area (Å²) in [5.41, 5.74) is 5.66. The van der Waals surface area contributed by atoms with Gasteiger partial charge in [0.1, 0.15) is 17.3 Å². The summed E-state index contributed by atoms with van der Waals surface area (Å²) in [5.74, 6) is -2.01. The zero-order valence-electron chi connectivity index (χ0n) is 19.2. The molecule has 1 aromatic heterocycles. The van der Waals surface area contributed by atoms with Gasteiger partial charge in [-0.2, -0.15) is 0 Å². The molecule has 11 heteroatoms. The molecule has 0 unspecified atom stereocenters. The van der Waals surface area contributed by atoms with Gasteiger partial charge in [0.25, 0.3) is 5.56 Å². The van der Waals surface area contributed by atoms with E-state index in [1.807, 2.05) is 6.07 Å². The smallest absolute Gasteiger partial charge is 0.331 e. The van der Waals surface area contributed by atoms with E-state index < -0.39 is 41.4 Å². The third-order valence-electron chi connectivity index (χ3n) is 5.94. The first-order chi connectivity index (χ1) is 16.3. The van der Waals surface area contributed by atoms with Crippen LogP contribution in [0.5, 0.6) is 0 Å². The number of rotatable bonds is 6. The predicted octanol–water partition coefficient (Wildman–Crippen LogP) is 2.06. The van der Waals surface area contributed by atoms with E-state index in [2.05, 4.69) is 5.32 Å². The fourth-order valence-corrected chi connectivity index (χ4v) is 4.12. The van der Waals surface area contributed by atoms with Crippen LogP contribution in [0.4, 0.5) is 14.5 Å². The molecule has 1 amide bonds. The van der Waals surface area contributed by atoms with E-state index in [4.69, 9.17) is 5.73 Å². The van der Waals surface area contributed by atoms with Crippen LogP contribution in [0.15, 0.2) is 58.1 Å². The second-order valence-corrected chi connectivity index (χ2v) is 8.13. The molecule has 1 aliphatic heterocycles. The van der Waals surface area contributed by atoms with Crippen LogP contribution in [0.3, 0.4) is 0 Å². The molecule has 1 saturated heterocycles. The first kappa shape index (κ1) is 26.9. The molecule has 1 aliphatic rings. The Morgan fingerprint density at radius 3 is 2.29 bits per heavy atom. The van der Waals surface area contributed by atoms with Gasteiger partial charge >= 0.3 is 5.69 Å². The van der Waals surface area contributed by atoms with Gasteiger partial charge in [-0.1, -0.05) is 36.4 Å². The molecule has 0 aliphatic carbocycles. The van der Waals surface area contributed by atoms with Crippen LogP contribution >= 0.6 is 0 Å². The zero-order valence-corrected chi connectivity index (χ0v) is 22.0. The molecule has 1 radical (unpaired) electrons. The van der Waals surface area contributed by atoms with Crippen LogP contribution in [0.1, 0.15) is 22.9 Å². The molecule has 1 atom stereocenters. The molecule has 2 aromatic carbocycles. The Bertz CT molecular complexity index is 1320. The van der Waals surface area contributed by atoms with E-state index in [9.17, 15) is 23.2 Å². The standard InChI is InChI=1S/C24H25F2N5O3.Y/c1-15-22(29-11-10-28-21(32)14-29)23(33)31(13-20(27)16-6-3-2-4-7-16)24(34)30(15)12-17-18(25)8-5-9-19(17)26;/h2-9,20H,10-14,27H2,1H3,(H,28,32);/p-1/t20-;/m0./s1. The van der Waals surface area contributed by atoms with Gasteiger partial charge in [0, 0.05) is 56.6 Å². The van der Waals surface area contributed by atoms with Crippen LogP contribution < -0.4 is 21.9 Å². The van der Waals surface area contributed by atoms with Crippen LogP contribution in [0, 0.1) is 18.6 Å². The summed E-state index contributed by atoms with van der Waals surface area (Å²) in [4.78, 5) is 40.4. The maximum absolute atomic E-state index is 14.4. The number of nitrogens with two attached hydrogens (primary N) is 1. The van der Waals surface area contributed by atoms with Crippen molar-refractivity contribution in [1.82, 2.24) is 9.13 Å². The van der Waals surface area contributed by atoms with Gasteiger partial charge in [0.05, 0.1) is 25.5 Å². The van der Waals surface area contributed by atoms with E-state index >= 15 is 0 Å². The quantitative estimate of drug-likeness (QED) is 0.500. The fourth-order valence-electron chi connectivity index (χ4n) is 4.12. The summed E-state index contributed by atoms with van der Waals surface area (Å²) in [6.45, 7) is 1.30. The van der Waals surface area contributed by atoms with E-state index in [-0.39, 0.29) is 69.3 Å². The second-order valence-electron chi connectivity index (χ2n) is 8.13. The molecule has 1 fully saturated rings. The average Bonchev–Trinajstić information content (AvgIpc) is 2.81. The van der Waals surface area contributed by atoms with Gasteiger partial charge in [-0.3, -0.25) is 13.9 Å². The van der Waals surface area contributed by atoms with Crippen LogP contribution in [0.25, 0.3) is 5.32 Å². The molecular weight excluding hydrogens is 533 g/mol. The molecule has 35 heavy (non-hydrogen) atoms. The van der Waals surface area contributed by atoms with Crippen molar-refractivity contribution in [3.8, 4) is 0 Å². The number of nitrogens with zero attached hydrogens (tertiary/aromatic N) is 4. The minimum Gasteiger partial charge on any atom is -0.650 e. The molecule has 8 nitrogen and oxygen atoms in total. The number of hydrogen-bond acceptors (Lipinski definition) is 5. The molecule has 0 bridgehead atoms. The molecule has 0 saturated carbocycles. The third-order valence-corrected chi connectivity index (χ3v) is 5.94. The van der Waals surface area contributed by atoms with Gasteiger partial charge in [0.15, 0.2) is 0 Å². The second kappa shape index (κ2) is 11.4.